The second-order valence-electron chi connectivity index (χ2n) is 11.3. The Balaban J connectivity index is 1.21. The summed E-state index contributed by atoms with van der Waals surface area (Å²) in [6, 6.07) is 6.21. The molecule has 215 valence electrons. The smallest absolute Gasteiger partial charge is 0.229 e. The zero-order valence-corrected chi connectivity index (χ0v) is 24.4. The van der Waals surface area contributed by atoms with Crippen LogP contribution in [0, 0.1) is 19.3 Å². The van der Waals surface area contributed by atoms with E-state index >= 15 is 0 Å². The minimum Gasteiger partial charge on any atom is -0.492 e. The van der Waals surface area contributed by atoms with Crippen molar-refractivity contribution < 1.29 is 9.47 Å². The Hall–Kier alpha value is -2.90. The standard InChI is InChI=1S/C33H46N5O2/c1-3-27-14-18-38(19-15-27)32-26(2)24-34-33(36-32)35-30-12-13-31(40-22-20-37-16-6-7-17-37)29(23-30)25-39-21-8-4-5-9-28-10-11-28/h4,8,10-13,23-24,27H,3,5-7,9,14-22,25H2,1-2H3,(H,34,35,36)/b8-4+. The average molecular weight is 545 g/mol. The first-order valence-electron chi connectivity index (χ1n) is 15.3. The van der Waals surface area contributed by atoms with E-state index in [2.05, 4.69) is 64.7 Å². The molecule has 1 radical (unpaired) electrons. The molecule has 0 bridgehead atoms. The number of anilines is 3. The van der Waals surface area contributed by atoms with Gasteiger partial charge in [0.2, 0.25) is 5.95 Å². The molecule has 0 amide bonds. The normalized spacial score (nSPS) is 17.9. The minimum absolute atomic E-state index is 0.490. The molecule has 2 saturated heterocycles. The van der Waals surface area contributed by atoms with Gasteiger partial charge in [0.25, 0.3) is 0 Å². The summed E-state index contributed by atoms with van der Waals surface area (Å²) in [5.41, 5.74) is 4.55. The van der Waals surface area contributed by atoms with E-state index in [1.54, 1.807) is 0 Å². The predicted octanol–water partition coefficient (Wildman–Crippen LogP) is 6.63. The number of allylic oxidation sites excluding steroid dienone is 3. The van der Waals surface area contributed by atoms with Crippen molar-refractivity contribution in [1.29, 1.82) is 0 Å². The van der Waals surface area contributed by atoms with E-state index < -0.39 is 0 Å². The lowest BCUT2D eigenvalue weighted by Gasteiger charge is -2.33. The largest absolute Gasteiger partial charge is 0.492 e. The molecule has 40 heavy (non-hydrogen) atoms. The van der Waals surface area contributed by atoms with Crippen LogP contribution in [-0.2, 0) is 11.3 Å². The highest BCUT2D eigenvalue weighted by Gasteiger charge is 2.21. The lowest BCUT2D eigenvalue weighted by atomic mass is 9.94. The molecule has 0 unspecified atom stereocenters. The zero-order valence-electron chi connectivity index (χ0n) is 24.4. The van der Waals surface area contributed by atoms with Crippen LogP contribution in [0.1, 0.15) is 63.0 Å². The molecule has 5 rings (SSSR count). The monoisotopic (exact) mass is 544 g/mol. The third-order valence-electron chi connectivity index (χ3n) is 8.26. The number of rotatable bonds is 15. The molecule has 0 spiro atoms. The van der Waals surface area contributed by atoms with Crippen LogP contribution in [0.5, 0.6) is 5.75 Å². The molecule has 3 aliphatic rings. The Labute approximate surface area is 240 Å². The Morgan fingerprint density at radius 2 is 1.93 bits per heavy atom. The lowest BCUT2D eigenvalue weighted by molar-refractivity contribution is 0.144. The molecule has 3 heterocycles. The van der Waals surface area contributed by atoms with Gasteiger partial charge in [-0.1, -0.05) is 37.1 Å². The summed E-state index contributed by atoms with van der Waals surface area (Å²) in [6.45, 7) is 11.6. The van der Waals surface area contributed by atoms with Crippen LogP contribution >= 0.6 is 0 Å². The Bertz CT molecular complexity index is 1150. The summed E-state index contributed by atoms with van der Waals surface area (Å²) < 4.78 is 12.3. The van der Waals surface area contributed by atoms with Crippen molar-refractivity contribution in [3.05, 3.63) is 65.7 Å². The molecule has 7 heteroatoms. The maximum atomic E-state index is 6.25. The number of ether oxygens (including phenoxy) is 2. The zero-order chi connectivity index (χ0) is 27.6. The Kier molecular flexibility index (Phi) is 10.5. The van der Waals surface area contributed by atoms with Crippen molar-refractivity contribution in [2.24, 2.45) is 5.92 Å². The molecule has 1 aliphatic carbocycles. The summed E-state index contributed by atoms with van der Waals surface area (Å²) in [5.74, 6) is 3.38. The first kappa shape index (κ1) is 28.6. The fourth-order valence-electron chi connectivity index (χ4n) is 5.60. The first-order valence-corrected chi connectivity index (χ1v) is 15.3. The summed E-state index contributed by atoms with van der Waals surface area (Å²) in [5, 5.41) is 3.44. The van der Waals surface area contributed by atoms with Crippen molar-refractivity contribution >= 4 is 17.5 Å². The maximum absolute atomic E-state index is 6.25. The fraction of sp³-hybridized carbons (Fsp3) is 0.545. The number of hydrogen-bond donors (Lipinski definition) is 1. The van der Waals surface area contributed by atoms with E-state index in [-0.39, 0.29) is 0 Å². The van der Waals surface area contributed by atoms with Crippen molar-refractivity contribution in [1.82, 2.24) is 14.9 Å². The predicted molar refractivity (Wildman–Crippen MR) is 163 cm³/mol. The highest BCUT2D eigenvalue weighted by molar-refractivity contribution is 5.59. The number of aromatic nitrogens is 2. The Morgan fingerprint density at radius 3 is 2.70 bits per heavy atom. The summed E-state index contributed by atoms with van der Waals surface area (Å²) in [4.78, 5) is 14.4. The van der Waals surface area contributed by atoms with E-state index in [0.717, 1.165) is 66.8 Å². The summed E-state index contributed by atoms with van der Waals surface area (Å²) >= 11 is 0. The van der Waals surface area contributed by atoms with Gasteiger partial charge < -0.3 is 19.7 Å². The minimum atomic E-state index is 0.490. The van der Waals surface area contributed by atoms with E-state index in [0.29, 0.717) is 25.8 Å². The fourth-order valence-corrected chi connectivity index (χ4v) is 5.60. The van der Waals surface area contributed by atoms with Crippen LogP contribution in [0.2, 0.25) is 0 Å². The number of aryl methyl sites for hydroxylation is 1. The SMILES string of the molecule is CCC1CCN(c2nc(Nc3ccc(OCCN4CCCC4)c(COC/C=C/CCC4=C[CH]4)c3)ncc2C)CC1. The van der Waals surface area contributed by atoms with E-state index in [1.165, 1.54) is 50.8 Å². The second-order valence-corrected chi connectivity index (χ2v) is 11.3. The van der Waals surface area contributed by atoms with Crippen LogP contribution < -0.4 is 15.0 Å². The van der Waals surface area contributed by atoms with Crippen molar-refractivity contribution in [2.45, 2.75) is 65.4 Å². The number of likely N-dealkylation sites (tertiary alicyclic amines) is 1. The maximum Gasteiger partial charge on any atom is 0.229 e. The molecular formula is C33H46N5O2. The van der Waals surface area contributed by atoms with E-state index in [4.69, 9.17) is 14.5 Å². The van der Waals surface area contributed by atoms with Gasteiger partial charge in [-0.05, 0) is 82.7 Å². The van der Waals surface area contributed by atoms with Gasteiger partial charge in [-0.25, -0.2) is 4.98 Å². The summed E-state index contributed by atoms with van der Waals surface area (Å²) in [6.07, 6.45) is 19.1. The number of nitrogens with one attached hydrogen (secondary N) is 1. The van der Waals surface area contributed by atoms with Gasteiger partial charge in [0.15, 0.2) is 0 Å². The highest BCUT2D eigenvalue weighted by Crippen LogP contribution is 2.29. The number of hydrogen-bond acceptors (Lipinski definition) is 7. The van der Waals surface area contributed by atoms with Crippen LogP contribution in [0.3, 0.4) is 0 Å². The third kappa shape index (κ3) is 8.55. The third-order valence-corrected chi connectivity index (χ3v) is 8.26. The Morgan fingerprint density at radius 1 is 1.10 bits per heavy atom. The van der Waals surface area contributed by atoms with Gasteiger partial charge in [-0.2, -0.15) is 4.98 Å². The lowest BCUT2D eigenvalue weighted by Crippen LogP contribution is -2.34. The molecule has 0 atom stereocenters. The quantitative estimate of drug-likeness (QED) is 0.200. The van der Waals surface area contributed by atoms with Gasteiger partial charge in [-0.3, -0.25) is 4.90 Å². The number of piperidine rings is 1. The van der Waals surface area contributed by atoms with Crippen molar-refractivity contribution in [2.75, 3.05) is 56.2 Å². The molecule has 1 N–H and O–H groups in total. The molecule has 7 nitrogen and oxygen atoms in total. The van der Waals surface area contributed by atoms with Crippen LogP contribution in [0.25, 0.3) is 0 Å². The number of nitrogens with zero attached hydrogens (tertiary/aromatic N) is 4. The van der Waals surface area contributed by atoms with E-state index in [1.807, 2.05) is 18.3 Å². The van der Waals surface area contributed by atoms with Gasteiger partial charge >= 0.3 is 0 Å². The summed E-state index contributed by atoms with van der Waals surface area (Å²) in [7, 11) is 0. The topological polar surface area (TPSA) is 62.8 Å². The van der Waals surface area contributed by atoms with Crippen molar-refractivity contribution in [3.8, 4) is 5.75 Å². The molecule has 1 aromatic carbocycles. The van der Waals surface area contributed by atoms with Crippen LogP contribution in [-0.4, -0.2) is 60.8 Å². The van der Waals surface area contributed by atoms with Crippen LogP contribution in [0.4, 0.5) is 17.5 Å². The van der Waals surface area contributed by atoms with Gasteiger partial charge in [0.05, 0.1) is 13.2 Å². The average Bonchev–Trinajstić information content (AvgIpc) is 3.66. The molecule has 2 aromatic rings. The molecular weight excluding hydrogens is 498 g/mol. The van der Waals surface area contributed by atoms with Crippen LogP contribution in [0.15, 0.2) is 48.2 Å². The highest BCUT2D eigenvalue weighted by atomic mass is 16.5. The first-order chi connectivity index (χ1) is 19.7. The molecule has 2 aliphatic heterocycles. The molecule has 2 fully saturated rings. The van der Waals surface area contributed by atoms with E-state index in [9.17, 15) is 0 Å². The second kappa shape index (κ2) is 14.6. The van der Waals surface area contributed by atoms with Gasteiger partial charge in [-0.15, -0.1) is 0 Å². The molecule has 1 aromatic heterocycles. The van der Waals surface area contributed by atoms with Gasteiger partial charge in [0, 0.05) is 49.1 Å². The van der Waals surface area contributed by atoms with Crippen molar-refractivity contribution in [3.63, 3.8) is 0 Å². The number of benzene rings is 1. The molecule has 0 saturated carbocycles. The van der Waals surface area contributed by atoms with Gasteiger partial charge in [0.1, 0.15) is 18.2 Å².